The first-order chi connectivity index (χ1) is 17.8. The molecule has 0 atom stereocenters. The zero-order valence-corrected chi connectivity index (χ0v) is 21.6. The highest BCUT2D eigenvalue weighted by atomic mass is 32.2. The van der Waals surface area contributed by atoms with Gasteiger partial charge in [-0.05, 0) is 58.0 Å². The number of hydrogen-bond donors (Lipinski definition) is 0. The summed E-state index contributed by atoms with van der Waals surface area (Å²) in [6, 6.07) is 29.8. The molecule has 0 unspecified atom stereocenters. The van der Waals surface area contributed by atoms with Gasteiger partial charge in [-0.2, -0.15) is 0 Å². The maximum absolute atomic E-state index is 13.6. The van der Waals surface area contributed by atoms with Crippen molar-refractivity contribution in [1.29, 1.82) is 0 Å². The highest BCUT2D eigenvalue weighted by Gasteiger charge is 2.37. The minimum absolute atomic E-state index is 0.156. The molecular formula is C34H26O2S. The Kier molecular flexibility index (Phi) is 5.33. The van der Waals surface area contributed by atoms with Crippen molar-refractivity contribution in [2.24, 2.45) is 0 Å². The quantitative estimate of drug-likeness (QED) is 0.239. The van der Waals surface area contributed by atoms with E-state index in [9.17, 15) is 8.42 Å². The predicted molar refractivity (Wildman–Crippen MR) is 151 cm³/mol. The molecule has 2 aliphatic rings. The number of rotatable bonds is 4. The van der Waals surface area contributed by atoms with Crippen molar-refractivity contribution < 1.29 is 8.42 Å². The number of sulfone groups is 1. The molecule has 0 amide bonds. The number of fused-ring (bicyclic) bond motifs is 4. The Balaban J connectivity index is 1.47. The summed E-state index contributed by atoms with van der Waals surface area (Å²) in [7, 11) is -3.59. The van der Waals surface area contributed by atoms with Crippen LogP contribution < -0.4 is 0 Å². The molecule has 6 rings (SSSR count). The molecular weight excluding hydrogens is 472 g/mol. The average Bonchev–Trinajstić information content (AvgIpc) is 3.27. The summed E-state index contributed by atoms with van der Waals surface area (Å²) >= 11 is 0. The van der Waals surface area contributed by atoms with Gasteiger partial charge in [-0.1, -0.05) is 105 Å². The summed E-state index contributed by atoms with van der Waals surface area (Å²) in [6.45, 7) is 4.47. The second-order valence-corrected chi connectivity index (χ2v) is 12.0. The maximum Gasteiger partial charge on any atom is 0.208 e. The van der Waals surface area contributed by atoms with Gasteiger partial charge in [-0.3, -0.25) is 0 Å². The van der Waals surface area contributed by atoms with Crippen molar-refractivity contribution in [3.05, 3.63) is 125 Å². The van der Waals surface area contributed by atoms with Gasteiger partial charge in [0.05, 0.1) is 9.79 Å². The molecule has 0 spiro atoms. The molecule has 0 saturated heterocycles. The lowest BCUT2D eigenvalue weighted by Gasteiger charge is -2.22. The van der Waals surface area contributed by atoms with Crippen LogP contribution in [-0.4, -0.2) is 8.42 Å². The first-order valence-electron chi connectivity index (χ1n) is 12.4. The van der Waals surface area contributed by atoms with Crippen LogP contribution in [0.4, 0.5) is 0 Å². The van der Waals surface area contributed by atoms with Gasteiger partial charge in [0.25, 0.3) is 0 Å². The van der Waals surface area contributed by atoms with Crippen LogP contribution >= 0.6 is 0 Å². The molecule has 0 saturated carbocycles. The Bertz CT molecular complexity index is 1790. The third-order valence-electron chi connectivity index (χ3n) is 7.64. The molecule has 0 radical (unpaired) electrons. The molecule has 1 heterocycles. The number of hydrogen-bond acceptors (Lipinski definition) is 2. The topological polar surface area (TPSA) is 34.1 Å². The van der Waals surface area contributed by atoms with E-state index in [0.717, 1.165) is 34.2 Å². The highest BCUT2D eigenvalue weighted by Crippen LogP contribution is 2.49. The smallest absolute Gasteiger partial charge is 0.208 e. The molecule has 4 aromatic rings. The van der Waals surface area contributed by atoms with Crippen LogP contribution in [0.5, 0.6) is 0 Å². The van der Waals surface area contributed by atoms with Crippen LogP contribution in [0, 0.1) is 12.3 Å². The van der Waals surface area contributed by atoms with Crippen LogP contribution in [0.2, 0.25) is 0 Å². The molecule has 180 valence electrons. The van der Waals surface area contributed by atoms with Crippen molar-refractivity contribution in [1.82, 2.24) is 0 Å². The predicted octanol–water partition coefficient (Wildman–Crippen LogP) is 7.64. The van der Waals surface area contributed by atoms with Crippen LogP contribution in [0.1, 0.15) is 30.5 Å². The van der Waals surface area contributed by atoms with Gasteiger partial charge in [0.1, 0.15) is 0 Å². The molecule has 4 aromatic carbocycles. The normalized spacial score (nSPS) is 16.4. The second kappa shape index (κ2) is 8.47. The fraction of sp³-hybridized carbons (Fsp3) is 0.118. The lowest BCUT2D eigenvalue weighted by Crippen LogP contribution is -2.16. The Morgan fingerprint density at radius 3 is 2.30 bits per heavy atom. The van der Waals surface area contributed by atoms with Gasteiger partial charge in [0.15, 0.2) is 0 Å². The Hall–Kier alpha value is -4.13. The molecule has 37 heavy (non-hydrogen) atoms. The summed E-state index contributed by atoms with van der Waals surface area (Å²) < 4.78 is 27.1. The Morgan fingerprint density at radius 2 is 1.49 bits per heavy atom. The minimum Gasteiger partial charge on any atom is -0.218 e. The summed E-state index contributed by atoms with van der Waals surface area (Å²) in [6.07, 6.45) is 10.1. The molecule has 0 bridgehead atoms. The molecule has 0 N–H and O–H groups in total. The van der Waals surface area contributed by atoms with Gasteiger partial charge in [0, 0.05) is 22.1 Å². The molecule has 1 aliphatic carbocycles. The van der Waals surface area contributed by atoms with Crippen molar-refractivity contribution in [3.8, 4) is 34.6 Å². The fourth-order valence-corrected chi connectivity index (χ4v) is 7.83. The zero-order valence-electron chi connectivity index (χ0n) is 20.8. The van der Waals surface area contributed by atoms with E-state index in [1.165, 1.54) is 22.3 Å². The lowest BCUT2D eigenvalue weighted by atomic mass is 9.81. The van der Waals surface area contributed by atoms with E-state index >= 15 is 0 Å². The van der Waals surface area contributed by atoms with E-state index in [1.54, 1.807) is 18.2 Å². The van der Waals surface area contributed by atoms with Crippen molar-refractivity contribution in [3.63, 3.8) is 0 Å². The molecule has 0 aromatic heterocycles. The molecule has 3 heteroatoms. The largest absolute Gasteiger partial charge is 0.218 e. The van der Waals surface area contributed by atoms with Crippen molar-refractivity contribution in [2.45, 2.75) is 35.5 Å². The summed E-state index contributed by atoms with van der Waals surface area (Å²) in [5.41, 5.74) is 9.16. The minimum atomic E-state index is -3.59. The molecule has 1 aliphatic heterocycles. The molecule has 0 fully saturated rings. The highest BCUT2D eigenvalue weighted by molar-refractivity contribution is 7.92. The monoisotopic (exact) mass is 498 g/mol. The van der Waals surface area contributed by atoms with E-state index in [4.69, 9.17) is 6.42 Å². The van der Waals surface area contributed by atoms with E-state index in [1.807, 2.05) is 42.5 Å². The van der Waals surface area contributed by atoms with Crippen LogP contribution in [0.3, 0.4) is 0 Å². The first-order valence-corrected chi connectivity index (χ1v) is 13.9. The third kappa shape index (κ3) is 3.52. The SMILES string of the molecule is C#CC=CC1=C(Cc2cccc(-c3cccc4c3S(=O)(=O)c3ccccc3-4)c2)c2ccccc2C1(C)C. The zero-order chi connectivity index (χ0) is 25.8. The Morgan fingerprint density at radius 1 is 0.811 bits per heavy atom. The number of benzene rings is 4. The van der Waals surface area contributed by atoms with E-state index < -0.39 is 9.84 Å². The summed E-state index contributed by atoms with van der Waals surface area (Å²) in [4.78, 5) is 0.783. The van der Waals surface area contributed by atoms with Crippen LogP contribution in [0.15, 0.2) is 119 Å². The third-order valence-corrected chi connectivity index (χ3v) is 9.55. The maximum atomic E-state index is 13.6. The van der Waals surface area contributed by atoms with E-state index in [0.29, 0.717) is 9.79 Å². The van der Waals surface area contributed by atoms with Gasteiger partial charge >= 0.3 is 0 Å². The summed E-state index contributed by atoms with van der Waals surface area (Å²) in [5, 5.41) is 0. The van der Waals surface area contributed by atoms with E-state index in [2.05, 4.69) is 62.2 Å². The first kappa shape index (κ1) is 23.3. The lowest BCUT2D eigenvalue weighted by molar-refractivity contribution is 0.599. The number of terminal acetylenes is 1. The standard InChI is InChI=1S/C34H26O2S/c1-4-5-18-31-29(26-14-6-8-19-30(26)34(31,2)3)22-23-12-10-13-24(21-23)25-16-11-17-28-27-15-7-9-20-32(27)37(35,36)33(25)28/h1,5-21H,22H2,2-3H3. The van der Waals surface area contributed by atoms with Crippen molar-refractivity contribution in [2.75, 3.05) is 0 Å². The second-order valence-electron chi connectivity index (χ2n) is 10.1. The fourth-order valence-electron chi connectivity index (χ4n) is 5.94. The number of allylic oxidation sites excluding steroid dienone is 4. The van der Waals surface area contributed by atoms with E-state index in [-0.39, 0.29) is 5.41 Å². The molecule has 2 nitrogen and oxygen atoms in total. The van der Waals surface area contributed by atoms with Crippen molar-refractivity contribution >= 4 is 15.4 Å². The van der Waals surface area contributed by atoms with Gasteiger partial charge in [0.2, 0.25) is 9.84 Å². The van der Waals surface area contributed by atoms with Gasteiger partial charge in [-0.25, -0.2) is 8.42 Å². The Labute approximate surface area is 218 Å². The summed E-state index contributed by atoms with van der Waals surface area (Å²) in [5.74, 6) is 2.64. The average molecular weight is 499 g/mol. The van der Waals surface area contributed by atoms with Crippen LogP contribution in [0.25, 0.3) is 27.8 Å². The van der Waals surface area contributed by atoms with Gasteiger partial charge in [-0.15, -0.1) is 6.42 Å². The van der Waals surface area contributed by atoms with Crippen LogP contribution in [-0.2, 0) is 21.7 Å². The van der Waals surface area contributed by atoms with Gasteiger partial charge < -0.3 is 0 Å².